The molecule has 9 N–H and O–H groups in total. The Kier molecular flexibility index (Phi) is 15.1. The predicted octanol–water partition coefficient (Wildman–Crippen LogP) is -0.415. The van der Waals surface area contributed by atoms with Crippen molar-refractivity contribution in [2.24, 2.45) is 0 Å². The molecule has 0 aromatic carbocycles. The van der Waals surface area contributed by atoms with E-state index in [1.54, 1.807) is 0 Å². The van der Waals surface area contributed by atoms with Crippen molar-refractivity contribution in [3.8, 4) is 0 Å². The maximum atomic E-state index is 8.88. The van der Waals surface area contributed by atoms with Gasteiger partial charge in [-0.1, -0.05) is 13.8 Å². The average Bonchev–Trinajstić information content (AvgIpc) is 3.25. The third kappa shape index (κ3) is 58.5. The van der Waals surface area contributed by atoms with Gasteiger partial charge in [0.1, 0.15) is 0 Å². The lowest BCUT2D eigenvalue weighted by Crippen LogP contribution is -1.98. The summed E-state index contributed by atoms with van der Waals surface area (Å²) in [6.45, 7) is 10.5. The van der Waals surface area contributed by atoms with Crippen molar-refractivity contribution < 1.29 is 67.2 Å². The van der Waals surface area contributed by atoms with Crippen LogP contribution in [0, 0.1) is 0 Å². The first-order valence-electron chi connectivity index (χ1n) is 7.16. The highest BCUT2D eigenvalue weighted by Gasteiger charge is 2.36. The Hall–Kier alpha value is 0.250. The van der Waals surface area contributed by atoms with Crippen molar-refractivity contribution >= 4 is 23.5 Å². The molecule has 0 spiro atoms. The molecule has 0 radical (unpaired) electrons. The largest absolute Gasteiger partial charge is 0.466 e. The van der Waals surface area contributed by atoms with Crippen molar-refractivity contribution in [1.29, 1.82) is 0 Å². The van der Waals surface area contributed by atoms with Gasteiger partial charge >= 0.3 is 23.5 Å². The Morgan fingerprint density at radius 3 is 0.741 bits per heavy atom. The average molecular weight is 466 g/mol. The summed E-state index contributed by atoms with van der Waals surface area (Å²) in [5.41, 5.74) is 0.583. The van der Waals surface area contributed by atoms with E-state index in [4.69, 9.17) is 67.2 Å². The van der Waals surface area contributed by atoms with Crippen molar-refractivity contribution in [3.05, 3.63) is 0 Å². The van der Waals surface area contributed by atoms with Gasteiger partial charge in [-0.15, -0.1) is 0 Å². The van der Waals surface area contributed by atoms with E-state index in [2.05, 4.69) is 27.7 Å². The van der Waals surface area contributed by atoms with Crippen LogP contribution in [0.25, 0.3) is 0 Å². The van der Waals surface area contributed by atoms with Gasteiger partial charge in [0.2, 0.25) is 0 Å². The Bertz CT molecular complexity index is 435. The summed E-state index contributed by atoms with van der Waals surface area (Å²) in [5, 5.41) is 0. The first-order valence-corrected chi connectivity index (χ1v) is 11.9. The van der Waals surface area contributed by atoms with Crippen LogP contribution in [0.15, 0.2) is 0 Å². The summed E-state index contributed by atoms with van der Waals surface area (Å²) in [5.74, 6) is 0. The summed E-state index contributed by atoms with van der Waals surface area (Å²) in [6, 6.07) is 0. The van der Waals surface area contributed by atoms with Crippen molar-refractivity contribution in [3.63, 3.8) is 0 Å². The lowest BCUT2D eigenvalue weighted by molar-refractivity contribution is 0.272. The van der Waals surface area contributed by atoms with Crippen LogP contribution in [0.5, 0.6) is 0 Å². The van der Waals surface area contributed by atoms with Crippen LogP contribution < -0.4 is 0 Å². The van der Waals surface area contributed by atoms with Crippen LogP contribution in [0.2, 0.25) is 0 Å². The second-order valence-electron chi connectivity index (χ2n) is 5.72. The molecule has 2 rings (SSSR count). The molecule has 0 bridgehead atoms. The molecule has 27 heavy (non-hydrogen) atoms. The lowest BCUT2D eigenvalue weighted by Gasteiger charge is -1.92. The van der Waals surface area contributed by atoms with Crippen LogP contribution in [-0.4, -0.2) is 68.5 Å². The van der Waals surface area contributed by atoms with E-state index in [1.165, 1.54) is 0 Å². The maximum absolute atomic E-state index is 8.88. The Morgan fingerprint density at radius 2 is 0.741 bits per heavy atom. The number of epoxide rings is 2. The van der Waals surface area contributed by atoms with Crippen LogP contribution in [0.3, 0.4) is 0 Å². The molecular weight excluding hydrogens is 437 g/mol. The molecular formula is C10H29O14P3. The van der Waals surface area contributed by atoms with Gasteiger partial charge in [-0.05, 0) is 26.7 Å². The molecule has 2 aliphatic heterocycles. The summed E-state index contributed by atoms with van der Waals surface area (Å²) < 4.78 is 36.7. The van der Waals surface area contributed by atoms with Crippen LogP contribution in [0.1, 0.15) is 40.5 Å². The minimum atomic E-state index is -4.64. The zero-order valence-electron chi connectivity index (χ0n) is 15.2. The molecule has 0 amide bonds. The summed E-state index contributed by atoms with van der Waals surface area (Å²) in [4.78, 5) is 64.7. The van der Waals surface area contributed by atoms with Gasteiger partial charge in [0.05, 0.1) is 24.4 Å². The quantitative estimate of drug-likeness (QED) is 0.185. The molecule has 168 valence electrons. The molecule has 17 heteroatoms. The molecule has 2 saturated heterocycles. The minimum Gasteiger partial charge on any atom is -0.370 e. The summed E-state index contributed by atoms with van der Waals surface area (Å²) in [6.07, 6.45) is 2.32. The van der Waals surface area contributed by atoms with Crippen molar-refractivity contribution in [2.45, 2.75) is 51.7 Å². The summed E-state index contributed by atoms with van der Waals surface area (Å²) in [7, 11) is -13.9. The molecule has 2 unspecified atom stereocenters. The van der Waals surface area contributed by atoms with Gasteiger partial charge in [0.25, 0.3) is 0 Å². The first-order chi connectivity index (χ1) is 11.5. The molecule has 2 atom stereocenters. The topological polar surface area (TPSA) is 258 Å². The van der Waals surface area contributed by atoms with E-state index in [-0.39, 0.29) is 0 Å². The smallest absolute Gasteiger partial charge is 0.370 e. The van der Waals surface area contributed by atoms with E-state index >= 15 is 0 Å². The Balaban J connectivity index is -0.000000268. The third-order valence-electron chi connectivity index (χ3n) is 2.77. The molecule has 14 nitrogen and oxygen atoms in total. The number of rotatable bonds is 2. The van der Waals surface area contributed by atoms with Gasteiger partial charge < -0.3 is 53.5 Å². The number of ether oxygens (including phenoxy) is 2. The normalized spacial score (nSPS) is 25.7. The van der Waals surface area contributed by atoms with Gasteiger partial charge in [0, 0.05) is 0 Å². The van der Waals surface area contributed by atoms with Crippen LogP contribution >= 0.6 is 23.5 Å². The van der Waals surface area contributed by atoms with E-state index in [1.807, 2.05) is 0 Å². The second kappa shape index (κ2) is 12.7. The molecule has 0 aromatic rings. The Morgan fingerprint density at radius 1 is 0.630 bits per heavy atom. The van der Waals surface area contributed by atoms with Crippen molar-refractivity contribution in [1.82, 2.24) is 0 Å². The van der Waals surface area contributed by atoms with E-state index < -0.39 is 23.5 Å². The van der Waals surface area contributed by atoms with Crippen molar-refractivity contribution in [2.75, 3.05) is 13.2 Å². The lowest BCUT2D eigenvalue weighted by atomic mass is 10.1. The van der Waals surface area contributed by atoms with Crippen LogP contribution in [0.4, 0.5) is 0 Å². The molecule has 2 aliphatic rings. The van der Waals surface area contributed by atoms with Gasteiger partial charge in [-0.25, -0.2) is 13.7 Å². The fourth-order valence-electron chi connectivity index (χ4n) is 0.655. The molecule has 2 fully saturated rings. The molecule has 0 saturated carbocycles. The summed E-state index contributed by atoms with van der Waals surface area (Å²) >= 11 is 0. The second-order valence-corrected chi connectivity index (χ2v) is 8.80. The van der Waals surface area contributed by atoms with Crippen LogP contribution in [-0.2, 0) is 23.2 Å². The Labute approximate surface area is 156 Å². The first kappa shape index (κ1) is 31.9. The van der Waals surface area contributed by atoms with Gasteiger partial charge in [-0.2, -0.15) is 0 Å². The minimum absolute atomic E-state index is 0.292. The highest BCUT2D eigenvalue weighted by Crippen LogP contribution is 2.29. The molecule has 0 aromatic heterocycles. The van der Waals surface area contributed by atoms with E-state index in [9.17, 15) is 0 Å². The number of hydrogen-bond acceptors (Lipinski definition) is 5. The fourth-order valence-corrected chi connectivity index (χ4v) is 0.655. The zero-order chi connectivity index (χ0) is 22.7. The number of phosphoric acid groups is 3. The van der Waals surface area contributed by atoms with Gasteiger partial charge in [0.15, 0.2) is 0 Å². The van der Waals surface area contributed by atoms with E-state index in [0.717, 1.165) is 26.1 Å². The maximum Gasteiger partial charge on any atom is 0.466 e. The third-order valence-corrected chi connectivity index (χ3v) is 2.77. The highest BCUT2D eigenvalue weighted by molar-refractivity contribution is 7.45. The predicted molar refractivity (Wildman–Crippen MR) is 92.1 cm³/mol. The van der Waals surface area contributed by atoms with Gasteiger partial charge in [-0.3, -0.25) is 0 Å². The standard InChI is InChI=1S/2C5H10O.3H3O4P/c2*1-3-5(2)4-6-5;3*1-5(2,3)4/h2*3-4H2,1-2H3;3*(H3,1,2,3,4). The molecule has 2 heterocycles. The monoisotopic (exact) mass is 466 g/mol. The SMILES string of the molecule is CCC1(C)CO1.CCC1(C)CO1.O=P(O)(O)O.O=P(O)(O)O.O=P(O)(O)O. The zero-order valence-corrected chi connectivity index (χ0v) is 17.9. The number of hydrogen-bond donors (Lipinski definition) is 9. The fraction of sp³-hybridized carbons (Fsp3) is 1.00. The van der Waals surface area contributed by atoms with E-state index in [0.29, 0.717) is 11.2 Å². The highest BCUT2D eigenvalue weighted by atomic mass is 31.2. The molecule has 0 aliphatic carbocycles.